The van der Waals surface area contributed by atoms with Gasteiger partial charge in [-0.1, -0.05) is 33.1 Å². The van der Waals surface area contributed by atoms with Gasteiger partial charge in [-0.05, 0) is 6.42 Å². The zero-order valence-electron chi connectivity index (χ0n) is 11.8. The van der Waals surface area contributed by atoms with Crippen LogP contribution in [0, 0.1) is 5.92 Å². The summed E-state index contributed by atoms with van der Waals surface area (Å²) >= 11 is 3.47. The Morgan fingerprint density at radius 1 is 1.37 bits per heavy atom. The fraction of sp³-hybridized carbons (Fsp3) is 0.846. The molecule has 2 N–H and O–H groups in total. The van der Waals surface area contributed by atoms with E-state index in [2.05, 4.69) is 19.6 Å². The van der Waals surface area contributed by atoms with Gasteiger partial charge in [0.2, 0.25) is 5.79 Å². The minimum Gasteiger partial charge on any atom is -0.431 e. The number of ether oxygens (including phenoxy) is 1. The van der Waals surface area contributed by atoms with Crippen molar-refractivity contribution in [3.63, 3.8) is 0 Å². The Bertz CT molecular complexity index is 303. The molecule has 0 aromatic carbocycles. The minimum atomic E-state index is -1.65. The van der Waals surface area contributed by atoms with Crippen LogP contribution in [0.2, 0.25) is 0 Å². The third-order valence-electron chi connectivity index (χ3n) is 3.10. The monoisotopic (exact) mass is 292 g/mol. The predicted molar refractivity (Wildman–Crippen MR) is 74.6 cm³/mol. The van der Waals surface area contributed by atoms with E-state index in [1.165, 1.54) is 6.92 Å². The van der Waals surface area contributed by atoms with E-state index >= 15 is 0 Å². The maximum absolute atomic E-state index is 11.5. The van der Waals surface area contributed by atoms with E-state index in [0.29, 0.717) is 0 Å². The lowest BCUT2D eigenvalue weighted by molar-refractivity contribution is -0.228. The Morgan fingerprint density at radius 3 is 2.42 bits per heavy atom. The normalized spacial score (nSPS) is 17.4. The molecule has 0 saturated heterocycles. The lowest BCUT2D eigenvalue weighted by Crippen LogP contribution is -2.41. The topological polar surface area (TPSA) is 83.8 Å². The van der Waals surface area contributed by atoms with E-state index < -0.39 is 29.4 Å². The number of carbonyl (C=O) groups is 2. The Morgan fingerprint density at radius 2 is 1.95 bits per heavy atom. The molecule has 0 radical (unpaired) electrons. The molecule has 0 aromatic heterocycles. The van der Waals surface area contributed by atoms with E-state index in [1.54, 1.807) is 6.92 Å². The minimum absolute atomic E-state index is 0.248. The van der Waals surface area contributed by atoms with Gasteiger partial charge in [0.25, 0.3) is 0 Å². The van der Waals surface area contributed by atoms with Crippen molar-refractivity contribution < 1.29 is 24.5 Å². The van der Waals surface area contributed by atoms with Gasteiger partial charge in [0.1, 0.15) is 0 Å². The van der Waals surface area contributed by atoms with Gasteiger partial charge in [0.05, 0.1) is 6.42 Å². The van der Waals surface area contributed by atoms with Gasteiger partial charge < -0.3 is 14.9 Å². The largest absolute Gasteiger partial charge is 0.431 e. The number of aliphatic hydroxyl groups excluding tert-OH is 1. The second kappa shape index (κ2) is 8.55. The third-order valence-corrected chi connectivity index (χ3v) is 3.28. The van der Waals surface area contributed by atoms with Crippen molar-refractivity contribution in [3.05, 3.63) is 0 Å². The number of aliphatic hydroxyl groups is 2. The van der Waals surface area contributed by atoms with Crippen molar-refractivity contribution in [3.8, 4) is 0 Å². The summed E-state index contributed by atoms with van der Waals surface area (Å²) in [6.07, 6.45) is 1.75. The second-order valence-corrected chi connectivity index (χ2v) is 5.49. The molecule has 112 valence electrons. The van der Waals surface area contributed by atoms with Crippen molar-refractivity contribution in [2.24, 2.45) is 5.92 Å². The van der Waals surface area contributed by atoms with Gasteiger partial charge in [-0.2, -0.15) is 0 Å². The Balaban J connectivity index is 4.32. The third kappa shape index (κ3) is 7.54. The highest BCUT2D eigenvalue weighted by atomic mass is 32.1. The smallest absolute Gasteiger partial charge is 0.337 e. The van der Waals surface area contributed by atoms with Crippen LogP contribution in [0.15, 0.2) is 0 Å². The standard InChI is InChI=1S/C13H24O5S/c1-4-5-6-7-9(2)13(3,17)18-12(16)10(14)8-11(15)19/h9-10,14,17H,4-8H2,1-3H3,(H,15,19). The molecule has 0 spiro atoms. The molecular weight excluding hydrogens is 268 g/mol. The van der Waals surface area contributed by atoms with Crippen LogP contribution < -0.4 is 0 Å². The van der Waals surface area contributed by atoms with E-state index in [1.807, 2.05) is 0 Å². The Hall–Kier alpha value is -0.590. The quantitative estimate of drug-likeness (QED) is 0.260. The lowest BCUT2D eigenvalue weighted by atomic mass is 9.95. The second-order valence-electron chi connectivity index (χ2n) is 4.99. The lowest BCUT2D eigenvalue weighted by Gasteiger charge is -2.30. The van der Waals surface area contributed by atoms with Crippen LogP contribution in [0.3, 0.4) is 0 Å². The fourth-order valence-corrected chi connectivity index (χ4v) is 1.76. The van der Waals surface area contributed by atoms with Crippen molar-refractivity contribution in [1.29, 1.82) is 0 Å². The van der Waals surface area contributed by atoms with Gasteiger partial charge in [0.15, 0.2) is 11.2 Å². The highest BCUT2D eigenvalue weighted by molar-refractivity contribution is 7.96. The van der Waals surface area contributed by atoms with Crippen molar-refractivity contribution in [2.45, 2.75) is 64.8 Å². The highest BCUT2D eigenvalue weighted by Crippen LogP contribution is 2.24. The number of esters is 1. The molecule has 3 unspecified atom stereocenters. The molecule has 0 amide bonds. The molecule has 0 heterocycles. The average Bonchev–Trinajstić information content (AvgIpc) is 2.27. The van der Waals surface area contributed by atoms with Gasteiger partial charge >= 0.3 is 5.97 Å². The fourth-order valence-electron chi connectivity index (χ4n) is 1.59. The van der Waals surface area contributed by atoms with Crippen LogP contribution in [-0.2, 0) is 14.3 Å². The summed E-state index contributed by atoms with van der Waals surface area (Å²) in [6.45, 7) is 5.24. The van der Waals surface area contributed by atoms with Crippen LogP contribution in [-0.4, -0.2) is 33.2 Å². The van der Waals surface area contributed by atoms with E-state index in [-0.39, 0.29) is 5.92 Å². The molecule has 0 aliphatic rings. The first kappa shape index (κ1) is 18.4. The van der Waals surface area contributed by atoms with E-state index in [4.69, 9.17) is 4.74 Å². The molecule has 3 atom stereocenters. The Kier molecular flexibility index (Phi) is 8.29. The van der Waals surface area contributed by atoms with Crippen LogP contribution in [0.25, 0.3) is 0 Å². The summed E-state index contributed by atoms with van der Waals surface area (Å²) < 4.78 is 4.87. The first-order valence-corrected chi connectivity index (χ1v) is 7.00. The van der Waals surface area contributed by atoms with Crippen LogP contribution in [0.5, 0.6) is 0 Å². The van der Waals surface area contributed by atoms with Crippen LogP contribution in [0.4, 0.5) is 0 Å². The van der Waals surface area contributed by atoms with Crippen molar-refractivity contribution >= 4 is 23.7 Å². The molecule has 0 aliphatic heterocycles. The summed E-state index contributed by atoms with van der Waals surface area (Å²) in [7, 11) is 0. The molecule has 0 aromatic rings. The summed E-state index contributed by atoms with van der Waals surface area (Å²) in [5.74, 6) is -2.90. The molecule has 6 heteroatoms. The van der Waals surface area contributed by atoms with Crippen molar-refractivity contribution in [1.82, 2.24) is 0 Å². The molecule has 0 bridgehead atoms. The van der Waals surface area contributed by atoms with E-state index in [9.17, 15) is 19.8 Å². The number of hydrogen-bond donors (Lipinski definition) is 3. The number of thiol groups is 1. The number of unbranched alkanes of at least 4 members (excludes halogenated alkanes) is 2. The van der Waals surface area contributed by atoms with Crippen LogP contribution in [0.1, 0.15) is 52.9 Å². The highest BCUT2D eigenvalue weighted by Gasteiger charge is 2.34. The molecule has 0 rings (SSSR count). The summed E-state index contributed by atoms with van der Waals surface area (Å²) in [5, 5.41) is 18.9. The van der Waals surface area contributed by atoms with Gasteiger partial charge in [0, 0.05) is 12.8 Å². The summed E-state index contributed by atoms with van der Waals surface area (Å²) in [6, 6.07) is 0. The van der Waals surface area contributed by atoms with Gasteiger partial charge in [-0.3, -0.25) is 4.79 Å². The summed E-state index contributed by atoms with van der Waals surface area (Å²) in [4.78, 5) is 22.2. The average molecular weight is 292 g/mol. The van der Waals surface area contributed by atoms with Crippen molar-refractivity contribution in [2.75, 3.05) is 0 Å². The SMILES string of the molecule is CCCCCC(C)C(C)(O)OC(=O)C(O)CC(=O)S. The van der Waals surface area contributed by atoms with Gasteiger partial charge in [-0.25, -0.2) is 4.79 Å². The molecule has 0 saturated carbocycles. The first-order valence-electron chi connectivity index (χ1n) is 6.55. The zero-order valence-corrected chi connectivity index (χ0v) is 12.7. The summed E-state index contributed by atoms with van der Waals surface area (Å²) in [5.41, 5.74) is 0. The number of rotatable bonds is 9. The zero-order chi connectivity index (χ0) is 15.1. The maximum atomic E-state index is 11.5. The first-order chi connectivity index (χ1) is 8.70. The van der Waals surface area contributed by atoms with E-state index in [0.717, 1.165) is 25.7 Å². The van der Waals surface area contributed by atoms with Crippen LogP contribution >= 0.6 is 12.6 Å². The molecule has 0 fully saturated rings. The number of carbonyl (C=O) groups excluding carboxylic acids is 2. The predicted octanol–water partition coefficient (Wildman–Crippen LogP) is 1.66. The van der Waals surface area contributed by atoms with Gasteiger partial charge in [-0.15, -0.1) is 12.6 Å². The molecular formula is C13H24O5S. The molecule has 5 nitrogen and oxygen atoms in total. The Labute approximate surface area is 119 Å². The number of hydrogen-bond acceptors (Lipinski definition) is 5. The molecule has 19 heavy (non-hydrogen) atoms. The molecule has 0 aliphatic carbocycles. The maximum Gasteiger partial charge on any atom is 0.337 e.